The Morgan fingerprint density at radius 3 is 2.27 bits per heavy atom. The van der Waals surface area contributed by atoms with Crippen LogP contribution in [0.25, 0.3) is 22.4 Å². The maximum atomic E-state index is 14.9. The molecule has 110 valence electrons. The lowest BCUT2D eigenvalue weighted by atomic mass is 9.94. The SMILES string of the molecule is CC(C)c1cccc(-c2ncccc2-c2ccccc2)c1F. The quantitative estimate of drug-likeness (QED) is 0.605. The van der Waals surface area contributed by atoms with Gasteiger partial charge in [0.25, 0.3) is 0 Å². The third kappa shape index (κ3) is 2.64. The number of rotatable bonds is 3. The standard InChI is InChI=1S/C20H18FN/c1-14(2)16-10-6-11-18(19(16)21)20-17(12-7-13-22-20)15-8-4-3-5-9-15/h3-14H,1-2H3. The molecule has 0 aliphatic rings. The molecule has 1 heterocycles. The van der Waals surface area contributed by atoms with E-state index in [-0.39, 0.29) is 11.7 Å². The van der Waals surface area contributed by atoms with Gasteiger partial charge in [-0.1, -0.05) is 62.4 Å². The van der Waals surface area contributed by atoms with Crippen LogP contribution in [0.5, 0.6) is 0 Å². The lowest BCUT2D eigenvalue weighted by Gasteiger charge is -2.13. The fourth-order valence-corrected chi connectivity index (χ4v) is 2.65. The molecule has 0 saturated heterocycles. The van der Waals surface area contributed by atoms with Gasteiger partial charge in [0.2, 0.25) is 0 Å². The Labute approximate surface area is 130 Å². The van der Waals surface area contributed by atoms with Gasteiger partial charge in [0.1, 0.15) is 5.82 Å². The van der Waals surface area contributed by atoms with Crippen LogP contribution in [0.2, 0.25) is 0 Å². The highest BCUT2D eigenvalue weighted by Crippen LogP contribution is 2.33. The number of aromatic nitrogens is 1. The Balaban J connectivity index is 2.21. The first kappa shape index (κ1) is 14.5. The van der Waals surface area contributed by atoms with Crippen LogP contribution in [0.4, 0.5) is 4.39 Å². The summed E-state index contributed by atoms with van der Waals surface area (Å²) in [7, 11) is 0. The number of halogens is 1. The van der Waals surface area contributed by atoms with Gasteiger partial charge in [-0.15, -0.1) is 0 Å². The van der Waals surface area contributed by atoms with Crippen molar-refractivity contribution < 1.29 is 4.39 Å². The Morgan fingerprint density at radius 2 is 1.55 bits per heavy atom. The van der Waals surface area contributed by atoms with Gasteiger partial charge < -0.3 is 0 Å². The van der Waals surface area contributed by atoms with Crippen molar-refractivity contribution in [3.8, 4) is 22.4 Å². The van der Waals surface area contributed by atoms with Crippen molar-refractivity contribution in [2.45, 2.75) is 19.8 Å². The van der Waals surface area contributed by atoms with Gasteiger partial charge in [-0.05, 0) is 29.2 Å². The molecule has 0 unspecified atom stereocenters. The molecule has 0 fully saturated rings. The average Bonchev–Trinajstić information content (AvgIpc) is 2.56. The number of pyridine rings is 1. The third-order valence-corrected chi connectivity index (χ3v) is 3.80. The molecule has 0 spiro atoms. The van der Waals surface area contributed by atoms with Crippen molar-refractivity contribution in [3.05, 3.63) is 78.2 Å². The van der Waals surface area contributed by atoms with E-state index in [1.807, 2.05) is 68.4 Å². The average molecular weight is 291 g/mol. The van der Waals surface area contributed by atoms with Gasteiger partial charge >= 0.3 is 0 Å². The summed E-state index contributed by atoms with van der Waals surface area (Å²) in [5.74, 6) is -0.0304. The summed E-state index contributed by atoms with van der Waals surface area (Å²) in [6.45, 7) is 4.00. The van der Waals surface area contributed by atoms with Gasteiger partial charge in [-0.25, -0.2) is 4.39 Å². The molecule has 0 radical (unpaired) electrons. The van der Waals surface area contributed by atoms with Gasteiger partial charge in [-0.3, -0.25) is 4.98 Å². The van der Waals surface area contributed by atoms with Crippen LogP contribution < -0.4 is 0 Å². The zero-order valence-corrected chi connectivity index (χ0v) is 12.8. The largest absolute Gasteiger partial charge is 0.255 e. The van der Waals surface area contributed by atoms with Crippen molar-refractivity contribution in [2.75, 3.05) is 0 Å². The maximum absolute atomic E-state index is 14.9. The molecular weight excluding hydrogens is 273 g/mol. The summed E-state index contributed by atoms with van der Waals surface area (Å²) in [6, 6.07) is 19.4. The molecule has 3 rings (SSSR count). The Hall–Kier alpha value is -2.48. The lowest BCUT2D eigenvalue weighted by Crippen LogP contribution is -1.98. The highest BCUT2D eigenvalue weighted by Gasteiger charge is 2.16. The monoisotopic (exact) mass is 291 g/mol. The van der Waals surface area contributed by atoms with Gasteiger partial charge in [0.05, 0.1) is 5.69 Å². The molecule has 3 aromatic rings. The molecule has 0 atom stereocenters. The molecular formula is C20H18FN. The maximum Gasteiger partial charge on any atom is 0.136 e. The van der Waals surface area contributed by atoms with Crippen LogP contribution >= 0.6 is 0 Å². The molecule has 0 aliphatic heterocycles. The zero-order chi connectivity index (χ0) is 15.5. The van der Waals surface area contributed by atoms with Crippen molar-refractivity contribution in [3.63, 3.8) is 0 Å². The molecule has 2 heteroatoms. The molecule has 0 N–H and O–H groups in total. The van der Waals surface area contributed by atoms with Crippen LogP contribution in [0, 0.1) is 5.82 Å². The van der Waals surface area contributed by atoms with Gasteiger partial charge in [0.15, 0.2) is 0 Å². The second-order valence-electron chi connectivity index (χ2n) is 5.63. The van der Waals surface area contributed by atoms with Gasteiger partial charge in [0, 0.05) is 17.3 Å². The summed E-state index contributed by atoms with van der Waals surface area (Å²) >= 11 is 0. The normalized spacial score (nSPS) is 10.9. The smallest absolute Gasteiger partial charge is 0.136 e. The molecule has 22 heavy (non-hydrogen) atoms. The molecule has 0 aliphatic carbocycles. The minimum atomic E-state index is -0.173. The fourth-order valence-electron chi connectivity index (χ4n) is 2.65. The van der Waals surface area contributed by atoms with Crippen LogP contribution in [0.1, 0.15) is 25.3 Å². The van der Waals surface area contributed by atoms with E-state index in [0.29, 0.717) is 11.3 Å². The van der Waals surface area contributed by atoms with Crippen LogP contribution in [-0.2, 0) is 0 Å². The zero-order valence-electron chi connectivity index (χ0n) is 12.8. The predicted octanol–water partition coefficient (Wildman–Crippen LogP) is 5.68. The minimum Gasteiger partial charge on any atom is -0.255 e. The molecule has 1 aromatic heterocycles. The highest BCUT2D eigenvalue weighted by atomic mass is 19.1. The second-order valence-corrected chi connectivity index (χ2v) is 5.63. The first-order chi connectivity index (χ1) is 10.7. The summed E-state index contributed by atoms with van der Waals surface area (Å²) < 4.78 is 14.9. The van der Waals surface area contributed by atoms with E-state index in [2.05, 4.69) is 4.98 Å². The molecule has 0 saturated carbocycles. The van der Waals surface area contributed by atoms with Crippen molar-refractivity contribution in [1.29, 1.82) is 0 Å². The summed E-state index contributed by atoms with van der Waals surface area (Å²) in [4.78, 5) is 4.45. The van der Waals surface area contributed by atoms with E-state index in [0.717, 1.165) is 16.7 Å². The predicted molar refractivity (Wildman–Crippen MR) is 89.2 cm³/mol. The Kier molecular flexibility index (Phi) is 4.01. The number of hydrogen-bond donors (Lipinski definition) is 0. The number of benzene rings is 2. The Morgan fingerprint density at radius 1 is 0.818 bits per heavy atom. The minimum absolute atomic E-state index is 0.142. The first-order valence-electron chi connectivity index (χ1n) is 7.47. The number of nitrogens with zero attached hydrogens (tertiary/aromatic N) is 1. The van der Waals surface area contributed by atoms with Crippen LogP contribution in [0.15, 0.2) is 66.9 Å². The van der Waals surface area contributed by atoms with E-state index in [1.165, 1.54) is 0 Å². The van der Waals surface area contributed by atoms with E-state index < -0.39 is 0 Å². The molecule has 1 nitrogen and oxygen atoms in total. The summed E-state index contributed by atoms with van der Waals surface area (Å²) in [6.07, 6.45) is 1.71. The number of hydrogen-bond acceptors (Lipinski definition) is 1. The van der Waals surface area contributed by atoms with E-state index in [4.69, 9.17) is 0 Å². The van der Waals surface area contributed by atoms with Gasteiger partial charge in [-0.2, -0.15) is 0 Å². The van der Waals surface area contributed by atoms with E-state index >= 15 is 0 Å². The van der Waals surface area contributed by atoms with E-state index in [1.54, 1.807) is 12.3 Å². The summed E-state index contributed by atoms with van der Waals surface area (Å²) in [5, 5.41) is 0. The second kappa shape index (κ2) is 6.10. The Bertz CT molecular complexity index is 779. The van der Waals surface area contributed by atoms with Crippen molar-refractivity contribution in [2.24, 2.45) is 0 Å². The van der Waals surface area contributed by atoms with Crippen LogP contribution in [0.3, 0.4) is 0 Å². The summed E-state index contributed by atoms with van der Waals surface area (Å²) in [5.41, 5.74) is 3.96. The highest BCUT2D eigenvalue weighted by molar-refractivity contribution is 5.81. The topological polar surface area (TPSA) is 12.9 Å². The van der Waals surface area contributed by atoms with Crippen molar-refractivity contribution in [1.82, 2.24) is 4.98 Å². The fraction of sp³-hybridized carbons (Fsp3) is 0.150. The third-order valence-electron chi connectivity index (χ3n) is 3.80. The first-order valence-corrected chi connectivity index (χ1v) is 7.47. The molecule has 2 aromatic carbocycles. The van der Waals surface area contributed by atoms with Crippen LogP contribution in [-0.4, -0.2) is 4.98 Å². The lowest BCUT2D eigenvalue weighted by molar-refractivity contribution is 0.601. The van der Waals surface area contributed by atoms with E-state index in [9.17, 15) is 4.39 Å². The molecule has 0 amide bonds. The van der Waals surface area contributed by atoms with Crippen molar-refractivity contribution >= 4 is 0 Å². The molecule has 0 bridgehead atoms.